The third-order valence-corrected chi connectivity index (χ3v) is 4.33. The van der Waals surface area contributed by atoms with E-state index < -0.39 is 0 Å². The molecule has 1 aromatic carbocycles. The van der Waals surface area contributed by atoms with Gasteiger partial charge in [0.15, 0.2) is 0 Å². The molecule has 0 amide bonds. The summed E-state index contributed by atoms with van der Waals surface area (Å²) in [4.78, 5) is 2.34. The first kappa shape index (κ1) is 12.7. The Morgan fingerprint density at radius 3 is 2.79 bits per heavy atom. The molecule has 1 aromatic heterocycles. The van der Waals surface area contributed by atoms with Crippen molar-refractivity contribution < 1.29 is 4.42 Å². The summed E-state index contributed by atoms with van der Waals surface area (Å²) in [5.41, 5.74) is 6.90. The summed E-state index contributed by atoms with van der Waals surface area (Å²) in [6.07, 6.45) is 1.35. The fraction of sp³-hybridized carbons (Fsp3) is 0.500. The number of rotatable bonds is 5. The van der Waals surface area contributed by atoms with Crippen LogP contribution in [0.25, 0.3) is 11.0 Å². The van der Waals surface area contributed by atoms with Crippen molar-refractivity contribution >= 4 is 11.0 Å². The zero-order valence-electron chi connectivity index (χ0n) is 11.7. The van der Waals surface area contributed by atoms with E-state index in [2.05, 4.69) is 31.0 Å². The van der Waals surface area contributed by atoms with Gasteiger partial charge >= 0.3 is 0 Å². The van der Waals surface area contributed by atoms with Crippen molar-refractivity contribution in [2.24, 2.45) is 17.6 Å². The van der Waals surface area contributed by atoms with E-state index in [1.807, 2.05) is 18.2 Å². The Bertz CT molecular complexity index is 530. The summed E-state index contributed by atoms with van der Waals surface area (Å²) in [6.45, 7) is 4.02. The fourth-order valence-electron chi connectivity index (χ4n) is 2.83. The third-order valence-electron chi connectivity index (χ3n) is 4.33. The fourth-order valence-corrected chi connectivity index (χ4v) is 2.83. The summed E-state index contributed by atoms with van der Waals surface area (Å²) >= 11 is 0. The Kier molecular flexibility index (Phi) is 3.33. The summed E-state index contributed by atoms with van der Waals surface area (Å²) in [5.74, 6) is 2.69. The van der Waals surface area contributed by atoms with E-state index in [4.69, 9.17) is 10.2 Å². The molecular formula is C16H22N2O. The van der Waals surface area contributed by atoms with E-state index >= 15 is 0 Å². The van der Waals surface area contributed by atoms with Crippen molar-refractivity contribution in [3.63, 3.8) is 0 Å². The van der Waals surface area contributed by atoms with Crippen molar-refractivity contribution in [3.8, 4) is 0 Å². The molecule has 3 heteroatoms. The molecule has 2 aromatic rings. The van der Waals surface area contributed by atoms with Crippen LogP contribution in [0, 0.1) is 11.8 Å². The Labute approximate surface area is 114 Å². The second kappa shape index (κ2) is 4.99. The lowest BCUT2D eigenvalue weighted by Crippen LogP contribution is -2.32. The predicted molar refractivity (Wildman–Crippen MR) is 77.9 cm³/mol. The largest absolute Gasteiger partial charge is 0.459 e. The normalized spacial score (nSPS) is 24.0. The van der Waals surface area contributed by atoms with Crippen molar-refractivity contribution in [3.05, 3.63) is 36.1 Å². The molecule has 102 valence electrons. The van der Waals surface area contributed by atoms with Gasteiger partial charge in [0.25, 0.3) is 0 Å². The SMILES string of the molecule is CC1CC1CN(C)C(CN)c1cc2ccccc2o1. The van der Waals surface area contributed by atoms with E-state index in [0.717, 1.165) is 35.1 Å². The highest BCUT2D eigenvalue weighted by Crippen LogP contribution is 2.39. The minimum absolute atomic E-state index is 0.181. The Morgan fingerprint density at radius 2 is 2.16 bits per heavy atom. The van der Waals surface area contributed by atoms with Crippen LogP contribution in [0.2, 0.25) is 0 Å². The topological polar surface area (TPSA) is 42.4 Å². The maximum absolute atomic E-state index is 5.96. The minimum Gasteiger partial charge on any atom is -0.459 e. The van der Waals surface area contributed by atoms with Crippen LogP contribution in [0.15, 0.2) is 34.7 Å². The van der Waals surface area contributed by atoms with E-state index in [9.17, 15) is 0 Å². The summed E-state index contributed by atoms with van der Waals surface area (Å²) in [6, 6.07) is 10.4. The molecule has 3 unspecified atom stereocenters. The number of nitrogens with zero attached hydrogens (tertiary/aromatic N) is 1. The van der Waals surface area contributed by atoms with E-state index in [0.29, 0.717) is 6.54 Å². The molecule has 3 rings (SSSR count). The molecule has 0 bridgehead atoms. The van der Waals surface area contributed by atoms with Gasteiger partial charge in [0.05, 0.1) is 6.04 Å². The number of fused-ring (bicyclic) bond motifs is 1. The third kappa shape index (κ3) is 2.53. The first-order chi connectivity index (χ1) is 9.19. The van der Waals surface area contributed by atoms with Crippen molar-refractivity contribution in [2.45, 2.75) is 19.4 Å². The molecule has 2 N–H and O–H groups in total. The molecule has 3 atom stereocenters. The molecule has 0 spiro atoms. The van der Waals surface area contributed by atoms with Gasteiger partial charge in [-0.3, -0.25) is 4.90 Å². The molecule has 3 nitrogen and oxygen atoms in total. The van der Waals surface area contributed by atoms with Crippen LogP contribution in [-0.4, -0.2) is 25.0 Å². The highest BCUT2D eigenvalue weighted by molar-refractivity contribution is 5.77. The van der Waals surface area contributed by atoms with Gasteiger partial charge < -0.3 is 10.2 Å². The predicted octanol–water partition coefficient (Wildman–Crippen LogP) is 3.02. The standard InChI is InChI=1S/C16H22N2O/c1-11-7-13(11)10-18(2)14(9-17)16-8-12-5-3-4-6-15(12)19-16/h3-6,8,11,13-14H,7,9-10,17H2,1-2H3. The van der Waals surface area contributed by atoms with Gasteiger partial charge in [0.2, 0.25) is 0 Å². The van der Waals surface area contributed by atoms with Gasteiger partial charge in [-0.25, -0.2) is 0 Å². The van der Waals surface area contributed by atoms with Crippen molar-refractivity contribution in [1.29, 1.82) is 0 Å². The number of para-hydroxylation sites is 1. The number of benzene rings is 1. The first-order valence-electron chi connectivity index (χ1n) is 7.08. The van der Waals surface area contributed by atoms with Crippen LogP contribution in [-0.2, 0) is 0 Å². The van der Waals surface area contributed by atoms with Crippen molar-refractivity contribution in [2.75, 3.05) is 20.1 Å². The second-order valence-electron chi connectivity index (χ2n) is 5.85. The molecule has 0 radical (unpaired) electrons. The Hall–Kier alpha value is -1.32. The molecular weight excluding hydrogens is 236 g/mol. The molecule has 1 fully saturated rings. The Balaban J connectivity index is 1.80. The number of likely N-dealkylation sites (N-methyl/N-ethyl adjacent to an activating group) is 1. The quantitative estimate of drug-likeness (QED) is 0.896. The zero-order chi connectivity index (χ0) is 13.4. The lowest BCUT2D eigenvalue weighted by Gasteiger charge is -2.25. The van der Waals surface area contributed by atoms with Gasteiger partial charge in [0, 0.05) is 18.5 Å². The van der Waals surface area contributed by atoms with Crippen molar-refractivity contribution in [1.82, 2.24) is 4.90 Å². The van der Waals surface area contributed by atoms with Crippen LogP contribution in [0.5, 0.6) is 0 Å². The second-order valence-corrected chi connectivity index (χ2v) is 5.85. The molecule has 19 heavy (non-hydrogen) atoms. The van der Waals surface area contributed by atoms with Gasteiger partial charge in [-0.05, 0) is 37.4 Å². The van der Waals surface area contributed by atoms with Crippen LogP contribution in [0.4, 0.5) is 0 Å². The maximum atomic E-state index is 5.96. The number of hydrogen-bond donors (Lipinski definition) is 1. The highest BCUT2D eigenvalue weighted by atomic mass is 16.3. The summed E-state index contributed by atoms with van der Waals surface area (Å²) in [5, 5.41) is 1.16. The van der Waals surface area contributed by atoms with Crippen LogP contribution < -0.4 is 5.73 Å². The molecule has 0 saturated heterocycles. The number of furan rings is 1. The Morgan fingerprint density at radius 1 is 1.42 bits per heavy atom. The lowest BCUT2D eigenvalue weighted by molar-refractivity contribution is 0.212. The van der Waals surface area contributed by atoms with E-state index in [1.165, 1.54) is 6.42 Å². The number of hydrogen-bond acceptors (Lipinski definition) is 3. The monoisotopic (exact) mass is 258 g/mol. The van der Waals surface area contributed by atoms with Gasteiger partial charge in [0.1, 0.15) is 11.3 Å². The maximum Gasteiger partial charge on any atom is 0.134 e. The molecule has 0 aliphatic heterocycles. The van der Waals surface area contributed by atoms with Crippen LogP contribution in [0.3, 0.4) is 0 Å². The number of nitrogens with two attached hydrogens (primary N) is 1. The summed E-state index contributed by atoms with van der Waals surface area (Å²) in [7, 11) is 2.15. The molecule has 1 aliphatic carbocycles. The minimum atomic E-state index is 0.181. The first-order valence-corrected chi connectivity index (χ1v) is 7.08. The zero-order valence-corrected chi connectivity index (χ0v) is 11.7. The smallest absolute Gasteiger partial charge is 0.134 e. The van der Waals surface area contributed by atoms with Crippen LogP contribution in [0.1, 0.15) is 25.1 Å². The lowest BCUT2D eigenvalue weighted by atomic mass is 10.1. The molecule has 1 aliphatic rings. The molecule has 1 heterocycles. The average Bonchev–Trinajstić information content (AvgIpc) is 2.91. The summed E-state index contributed by atoms with van der Waals surface area (Å²) < 4.78 is 5.95. The molecule has 1 saturated carbocycles. The van der Waals surface area contributed by atoms with Gasteiger partial charge in [-0.15, -0.1) is 0 Å². The van der Waals surface area contributed by atoms with Crippen LogP contribution >= 0.6 is 0 Å². The average molecular weight is 258 g/mol. The van der Waals surface area contributed by atoms with Gasteiger partial charge in [-0.1, -0.05) is 25.1 Å². The van der Waals surface area contributed by atoms with E-state index in [1.54, 1.807) is 0 Å². The van der Waals surface area contributed by atoms with E-state index in [-0.39, 0.29) is 6.04 Å². The highest BCUT2D eigenvalue weighted by Gasteiger charge is 2.35. The van der Waals surface area contributed by atoms with Gasteiger partial charge in [-0.2, -0.15) is 0 Å².